The molecule has 2 N–H and O–H groups in total. The monoisotopic (exact) mass is 312 g/mol. The lowest BCUT2D eigenvalue weighted by Gasteiger charge is -2.31. The number of aliphatic carboxylic acids is 1. The quantitative estimate of drug-likeness (QED) is 0.860. The summed E-state index contributed by atoms with van der Waals surface area (Å²) in [5, 5.41) is 12.5. The van der Waals surface area contributed by atoms with E-state index in [0.29, 0.717) is 37.0 Å². The highest BCUT2D eigenvalue weighted by molar-refractivity contribution is 6.30. The van der Waals surface area contributed by atoms with E-state index < -0.39 is 12.0 Å². The molecule has 1 saturated heterocycles. The van der Waals surface area contributed by atoms with Gasteiger partial charge >= 0.3 is 5.97 Å². The smallest absolute Gasteiger partial charge is 0.321 e. The van der Waals surface area contributed by atoms with Gasteiger partial charge in [0.25, 0.3) is 0 Å². The minimum Gasteiger partial charge on any atom is -0.480 e. The molecule has 0 aliphatic carbocycles. The summed E-state index contributed by atoms with van der Waals surface area (Å²) in [6.45, 7) is 2.00. The molecule has 1 aromatic carbocycles. The van der Waals surface area contributed by atoms with Crippen LogP contribution in [0.25, 0.3) is 0 Å². The number of morpholine rings is 1. The molecule has 0 spiro atoms. The Bertz CT molecular complexity index is 517. The Morgan fingerprint density at radius 2 is 2.10 bits per heavy atom. The molecule has 21 heavy (non-hydrogen) atoms. The highest BCUT2D eigenvalue weighted by Gasteiger charge is 2.29. The van der Waals surface area contributed by atoms with Crippen LogP contribution in [0.3, 0.4) is 0 Å². The van der Waals surface area contributed by atoms with Crippen molar-refractivity contribution in [3.05, 3.63) is 29.3 Å². The highest BCUT2D eigenvalue weighted by Crippen LogP contribution is 2.16. The number of anilines is 1. The number of halogens is 1. The number of amides is 1. The molecule has 0 bridgehead atoms. The van der Waals surface area contributed by atoms with E-state index >= 15 is 0 Å². The van der Waals surface area contributed by atoms with Crippen LogP contribution >= 0.6 is 11.6 Å². The first-order chi connectivity index (χ1) is 10.1. The van der Waals surface area contributed by atoms with Crippen LogP contribution in [0.15, 0.2) is 24.3 Å². The SMILES string of the molecule is O=C(CC(C(=O)O)N1CCOCC1)Nc1cccc(Cl)c1. The van der Waals surface area contributed by atoms with Gasteiger partial charge in [-0.05, 0) is 18.2 Å². The number of carboxylic acid groups (broad SMARTS) is 1. The van der Waals surface area contributed by atoms with E-state index in [-0.39, 0.29) is 12.3 Å². The van der Waals surface area contributed by atoms with Crippen LogP contribution in [-0.4, -0.2) is 54.2 Å². The van der Waals surface area contributed by atoms with Crippen LogP contribution in [0.2, 0.25) is 5.02 Å². The van der Waals surface area contributed by atoms with Gasteiger partial charge in [0, 0.05) is 23.8 Å². The molecule has 1 heterocycles. The number of carbonyl (C=O) groups is 2. The topological polar surface area (TPSA) is 78.9 Å². The Balaban J connectivity index is 1.96. The number of nitrogens with one attached hydrogen (secondary N) is 1. The summed E-state index contributed by atoms with van der Waals surface area (Å²) in [4.78, 5) is 25.1. The fraction of sp³-hybridized carbons (Fsp3) is 0.429. The largest absolute Gasteiger partial charge is 0.480 e. The molecule has 1 fully saturated rings. The van der Waals surface area contributed by atoms with Crippen LogP contribution in [-0.2, 0) is 14.3 Å². The normalized spacial score (nSPS) is 17.2. The predicted octanol–water partition coefficient (Wildman–Crippen LogP) is 1.45. The molecule has 1 unspecified atom stereocenters. The average Bonchev–Trinajstić information content (AvgIpc) is 2.45. The Hall–Kier alpha value is -1.63. The van der Waals surface area contributed by atoms with Crippen molar-refractivity contribution in [3.8, 4) is 0 Å². The van der Waals surface area contributed by atoms with Gasteiger partial charge < -0.3 is 15.2 Å². The third-order valence-electron chi connectivity index (χ3n) is 3.26. The van der Waals surface area contributed by atoms with Crippen LogP contribution in [0.5, 0.6) is 0 Å². The predicted molar refractivity (Wildman–Crippen MR) is 78.5 cm³/mol. The molecular weight excluding hydrogens is 296 g/mol. The summed E-state index contributed by atoms with van der Waals surface area (Å²) < 4.78 is 5.19. The Morgan fingerprint density at radius 1 is 1.38 bits per heavy atom. The molecule has 2 rings (SSSR count). The lowest BCUT2D eigenvalue weighted by atomic mass is 10.1. The molecule has 1 aliphatic rings. The molecule has 1 aromatic rings. The molecular formula is C14H17ClN2O4. The van der Waals surface area contributed by atoms with Crippen molar-refractivity contribution in [3.63, 3.8) is 0 Å². The zero-order valence-corrected chi connectivity index (χ0v) is 12.2. The summed E-state index contributed by atoms with van der Waals surface area (Å²) in [6.07, 6.45) is -0.109. The Morgan fingerprint density at radius 3 is 2.71 bits per heavy atom. The van der Waals surface area contributed by atoms with Crippen molar-refractivity contribution < 1.29 is 19.4 Å². The number of hydrogen-bond acceptors (Lipinski definition) is 4. The van der Waals surface area contributed by atoms with Gasteiger partial charge in [-0.2, -0.15) is 0 Å². The first kappa shape index (κ1) is 15.8. The minimum absolute atomic E-state index is 0.109. The van der Waals surface area contributed by atoms with Gasteiger partial charge in [0.05, 0.1) is 19.6 Å². The maximum absolute atomic E-state index is 12.0. The molecule has 0 radical (unpaired) electrons. The summed E-state index contributed by atoms with van der Waals surface area (Å²) in [6, 6.07) is 5.89. The van der Waals surface area contributed by atoms with E-state index in [2.05, 4.69) is 5.32 Å². The van der Waals surface area contributed by atoms with Crippen LogP contribution < -0.4 is 5.32 Å². The number of carbonyl (C=O) groups excluding carboxylic acids is 1. The van der Waals surface area contributed by atoms with Crippen molar-refractivity contribution >= 4 is 29.2 Å². The third-order valence-corrected chi connectivity index (χ3v) is 3.49. The number of hydrogen-bond donors (Lipinski definition) is 2. The van der Waals surface area contributed by atoms with Gasteiger partial charge in [0.2, 0.25) is 5.91 Å². The van der Waals surface area contributed by atoms with Crippen LogP contribution in [0.1, 0.15) is 6.42 Å². The van der Waals surface area contributed by atoms with E-state index in [0.717, 1.165) is 0 Å². The first-order valence-corrected chi connectivity index (χ1v) is 7.04. The number of carboxylic acids is 1. The molecule has 1 amide bonds. The van der Waals surface area contributed by atoms with Crippen LogP contribution in [0.4, 0.5) is 5.69 Å². The molecule has 114 valence electrons. The first-order valence-electron chi connectivity index (χ1n) is 6.66. The average molecular weight is 313 g/mol. The summed E-state index contributed by atoms with van der Waals surface area (Å²) in [5.74, 6) is -1.35. The van der Waals surface area contributed by atoms with Gasteiger partial charge in [-0.25, -0.2) is 0 Å². The van der Waals surface area contributed by atoms with E-state index in [4.69, 9.17) is 16.3 Å². The third kappa shape index (κ3) is 4.70. The second kappa shape index (κ2) is 7.40. The number of benzene rings is 1. The zero-order chi connectivity index (χ0) is 15.2. The molecule has 0 saturated carbocycles. The lowest BCUT2D eigenvalue weighted by Crippen LogP contribution is -2.48. The molecule has 6 nitrogen and oxygen atoms in total. The van der Waals surface area contributed by atoms with E-state index in [1.165, 1.54) is 0 Å². The number of ether oxygens (including phenoxy) is 1. The van der Waals surface area contributed by atoms with Gasteiger partial charge in [-0.15, -0.1) is 0 Å². The highest BCUT2D eigenvalue weighted by atomic mass is 35.5. The van der Waals surface area contributed by atoms with Crippen molar-refractivity contribution in [1.82, 2.24) is 4.90 Å². The van der Waals surface area contributed by atoms with Gasteiger partial charge in [-0.1, -0.05) is 17.7 Å². The second-order valence-corrected chi connectivity index (χ2v) is 5.20. The zero-order valence-electron chi connectivity index (χ0n) is 11.4. The fourth-order valence-electron chi connectivity index (χ4n) is 2.22. The standard InChI is InChI=1S/C14H17ClN2O4/c15-10-2-1-3-11(8-10)16-13(18)9-12(14(19)20)17-4-6-21-7-5-17/h1-3,8,12H,4-7,9H2,(H,16,18)(H,19,20). The van der Waals surface area contributed by atoms with E-state index in [1.807, 2.05) is 0 Å². The van der Waals surface area contributed by atoms with E-state index in [1.54, 1.807) is 29.2 Å². The van der Waals surface area contributed by atoms with Crippen molar-refractivity contribution in [2.75, 3.05) is 31.6 Å². The van der Waals surface area contributed by atoms with Crippen LogP contribution in [0, 0.1) is 0 Å². The summed E-state index contributed by atoms with van der Waals surface area (Å²) in [5.41, 5.74) is 0.554. The Kier molecular flexibility index (Phi) is 5.55. The van der Waals surface area contributed by atoms with Gasteiger partial charge in [0.1, 0.15) is 6.04 Å². The van der Waals surface area contributed by atoms with Crippen molar-refractivity contribution in [1.29, 1.82) is 0 Å². The maximum Gasteiger partial charge on any atom is 0.321 e. The minimum atomic E-state index is -1.00. The van der Waals surface area contributed by atoms with Gasteiger partial charge in [0.15, 0.2) is 0 Å². The van der Waals surface area contributed by atoms with Crippen molar-refractivity contribution in [2.24, 2.45) is 0 Å². The number of nitrogens with zero attached hydrogens (tertiary/aromatic N) is 1. The summed E-state index contributed by atoms with van der Waals surface area (Å²) in [7, 11) is 0. The molecule has 0 aromatic heterocycles. The van der Waals surface area contributed by atoms with E-state index in [9.17, 15) is 14.7 Å². The number of rotatable bonds is 5. The molecule has 1 aliphatic heterocycles. The van der Waals surface area contributed by atoms with Crippen molar-refractivity contribution in [2.45, 2.75) is 12.5 Å². The second-order valence-electron chi connectivity index (χ2n) is 4.77. The molecule has 1 atom stereocenters. The molecule has 7 heteroatoms. The lowest BCUT2D eigenvalue weighted by molar-refractivity contribution is -0.147. The fourth-order valence-corrected chi connectivity index (χ4v) is 2.41. The van der Waals surface area contributed by atoms with Gasteiger partial charge in [-0.3, -0.25) is 14.5 Å². The maximum atomic E-state index is 12.0. The summed E-state index contributed by atoms with van der Waals surface area (Å²) >= 11 is 5.84. The Labute approximate surface area is 127 Å².